The first-order valence-electron chi connectivity index (χ1n) is 5.90. The van der Waals surface area contributed by atoms with E-state index in [9.17, 15) is 0 Å². The van der Waals surface area contributed by atoms with Gasteiger partial charge in [-0.3, -0.25) is 0 Å². The minimum atomic E-state index is 0.236. The summed E-state index contributed by atoms with van der Waals surface area (Å²) in [7, 11) is 0. The first kappa shape index (κ1) is 10.5. The fourth-order valence-electron chi connectivity index (χ4n) is 2.48. The summed E-state index contributed by atoms with van der Waals surface area (Å²) in [5, 5.41) is 0. The molecule has 1 nitrogen and oxygen atoms in total. The van der Waals surface area contributed by atoms with Crippen molar-refractivity contribution in [1.82, 2.24) is 0 Å². The number of benzene rings is 1. The van der Waals surface area contributed by atoms with E-state index in [4.69, 9.17) is 0 Å². The zero-order chi connectivity index (χ0) is 11.1. The van der Waals surface area contributed by atoms with Crippen molar-refractivity contribution in [3.05, 3.63) is 29.8 Å². The molecule has 1 aromatic carbocycles. The van der Waals surface area contributed by atoms with Crippen molar-refractivity contribution in [3.8, 4) is 0 Å². The largest absolute Gasteiger partial charge is 0.366 e. The van der Waals surface area contributed by atoms with Gasteiger partial charge in [0.15, 0.2) is 0 Å². The van der Waals surface area contributed by atoms with Gasteiger partial charge in [0.2, 0.25) is 0 Å². The highest BCUT2D eigenvalue weighted by molar-refractivity contribution is 5.61. The van der Waals surface area contributed by atoms with Crippen LogP contribution in [0.15, 0.2) is 24.3 Å². The van der Waals surface area contributed by atoms with E-state index in [0.29, 0.717) is 0 Å². The molecule has 0 aromatic heterocycles. The van der Waals surface area contributed by atoms with Crippen LogP contribution in [0.4, 0.5) is 5.69 Å². The van der Waals surface area contributed by atoms with E-state index in [2.05, 4.69) is 56.9 Å². The number of hydrogen-bond donors (Lipinski definition) is 0. The fraction of sp³-hybridized carbons (Fsp3) is 0.571. The lowest BCUT2D eigenvalue weighted by Crippen LogP contribution is -2.40. The van der Waals surface area contributed by atoms with Crippen LogP contribution in [-0.2, 0) is 0 Å². The van der Waals surface area contributed by atoms with Crippen molar-refractivity contribution < 1.29 is 0 Å². The van der Waals surface area contributed by atoms with Crippen molar-refractivity contribution >= 4 is 5.69 Å². The number of nitrogens with zero attached hydrogens (tertiary/aromatic N) is 1. The smallest absolute Gasteiger partial charge is 0.0406 e. The van der Waals surface area contributed by atoms with Gasteiger partial charge in [-0.2, -0.15) is 0 Å². The van der Waals surface area contributed by atoms with Crippen LogP contribution < -0.4 is 4.90 Å². The molecule has 1 heterocycles. The van der Waals surface area contributed by atoms with Gasteiger partial charge in [0.05, 0.1) is 0 Å². The van der Waals surface area contributed by atoms with Crippen LogP contribution in [-0.4, -0.2) is 12.1 Å². The highest BCUT2D eigenvalue weighted by Crippen LogP contribution is 2.41. The molecule has 0 aliphatic carbocycles. The molecule has 0 radical (unpaired) electrons. The second kappa shape index (κ2) is 3.55. The summed E-state index contributed by atoms with van der Waals surface area (Å²) in [6.45, 7) is 10.3. The Morgan fingerprint density at radius 1 is 1.27 bits per heavy atom. The monoisotopic (exact) mass is 203 g/mol. The molecular formula is C14H21N. The zero-order valence-electron chi connectivity index (χ0n) is 10.2. The summed E-state index contributed by atoms with van der Waals surface area (Å²) in [4.78, 5) is 2.54. The van der Waals surface area contributed by atoms with E-state index in [-0.39, 0.29) is 5.54 Å². The minimum Gasteiger partial charge on any atom is -0.366 e. The standard InChI is InChI=1S/C14H21N/c1-5-11-10-15(14(2,3)4)13-9-7-6-8-12(11)13/h6-9,11H,5,10H2,1-4H3. The Labute approximate surface area is 93.1 Å². The summed E-state index contributed by atoms with van der Waals surface area (Å²) in [6.07, 6.45) is 1.24. The van der Waals surface area contributed by atoms with Crippen LogP contribution in [0.5, 0.6) is 0 Å². The molecule has 1 aromatic rings. The first-order valence-corrected chi connectivity index (χ1v) is 5.90. The molecule has 15 heavy (non-hydrogen) atoms. The van der Waals surface area contributed by atoms with Gasteiger partial charge in [-0.15, -0.1) is 0 Å². The molecule has 0 N–H and O–H groups in total. The van der Waals surface area contributed by atoms with Crippen LogP contribution in [0.2, 0.25) is 0 Å². The van der Waals surface area contributed by atoms with Crippen LogP contribution in [0.25, 0.3) is 0 Å². The third kappa shape index (κ3) is 1.75. The predicted molar refractivity (Wildman–Crippen MR) is 66.6 cm³/mol. The van der Waals surface area contributed by atoms with Crippen molar-refractivity contribution in [3.63, 3.8) is 0 Å². The second-order valence-electron chi connectivity index (χ2n) is 5.45. The number of rotatable bonds is 1. The van der Waals surface area contributed by atoms with Gasteiger partial charge in [0, 0.05) is 23.7 Å². The molecule has 1 heteroatoms. The molecule has 0 amide bonds. The van der Waals surface area contributed by atoms with E-state index >= 15 is 0 Å². The van der Waals surface area contributed by atoms with Crippen LogP contribution in [0, 0.1) is 0 Å². The molecule has 0 spiro atoms. The van der Waals surface area contributed by atoms with Gasteiger partial charge in [-0.25, -0.2) is 0 Å². The molecule has 1 aliphatic rings. The lowest BCUT2D eigenvalue weighted by molar-refractivity contribution is 0.497. The molecule has 1 aliphatic heterocycles. The normalized spacial score (nSPS) is 20.5. The summed E-state index contributed by atoms with van der Waals surface area (Å²) in [5.41, 5.74) is 3.21. The number of hydrogen-bond acceptors (Lipinski definition) is 1. The Morgan fingerprint density at radius 2 is 1.93 bits per heavy atom. The summed E-state index contributed by atoms with van der Waals surface area (Å²) in [5.74, 6) is 0.723. The van der Waals surface area contributed by atoms with E-state index < -0.39 is 0 Å². The summed E-state index contributed by atoms with van der Waals surface area (Å²) in [6, 6.07) is 8.86. The fourth-order valence-corrected chi connectivity index (χ4v) is 2.48. The number of fused-ring (bicyclic) bond motifs is 1. The van der Waals surface area contributed by atoms with Crippen molar-refractivity contribution in [1.29, 1.82) is 0 Å². The van der Waals surface area contributed by atoms with Gasteiger partial charge >= 0.3 is 0 Å². The molecular weight excluding hydrogens is 182 g/mol. The van der Waals surface area contributed by atoms with Crippen LogP contribution >= 0.6 is 0 Å². The van der Waals surface area contributed by atoms with E-state index in [1.54, 1.807) is 0 Å². The second-order valence-corrected chi connectivity index (χ2v) is 5.45. The molecule has 0 saturated carbocycles. The average molecular weight is 203 g/mol. The van der Waals surface area contributed by atoms with E-state index in [1.165, 1.54) is 24.2 Å². The highest BCUT2D eigenvalue weighted by atomic mass is 15.2. The quantitative estimate of drug-likeness (QED) is 0.671. The third-order valence-electron chi connectivity index (χ3n) is 3.37. The highest BCUT2D eigenvalue weighted by Gasteiger charge is 2.33. The Morgan fingerprint density at radius 3 is 2.53 bits per heavy atom. The third-order valence-corrected chi connectivity index (χ3v) is 3.37. The first-order chi connectivity index (χ1) is 7.04. The lowest BCUT2D eigenvalue weighted by atomic mass is 9.99. The van der Waals surface area contributed by atoms with Gasteiger partial charge in [-0.05, 0) is 38.8 Å². The Bertz CT molecular complexity index is 349. The van der Waals surface area contributed by atoms with Gasteiger partial charge in [0.25, 0.3) is 0 Å². The maximum Gasteiger partial charge on any atom is 0.0406 e. The van der Waals surface area contributed by atoms with Crippen LogP contribution in [0.1, 0.15) is 45.6 Å². The van der Waals surface area contributed by atoms with E-state index in [1.807, 2.05) is 0 Å². The summed E-state index contributed by atoms with van der Waals surface area (Å²) >= 11 is 0. The van der Waals surface area contributed by atoms with E-state index in [0.717, 1.165) is 5.92 Å². The van der Waals surface area contributed by atoms with Crippen LogP contribution in [0.3, 0.4) is 0 Å². The molecule has 0 saturated heterocycles. The zero-order valence-corrected chi connectivity index (χ0v) is 10.2. The van der Waals surface area contributed by atoms with Gasteiger partial charge in [-0.1, -0.05) is 25.1 Å². The summed E-state index contributed by atoms with van der Waals surface area (Å²) < 4.78 is 0. The van der Waals surface area contributed by atoms with Crippen molar-refractivity contribution in [2.24, 2.45) is 0 Å². The minimum absolute atomic E-state index is 0.236. The molecule has 1 atom stereocenters. The average Bonchev–Trinajstić information content (AvgIpc) is 2.55. The molecule has 0 fully saturated rings. The van der Waals surface area contributed by atoms with Crippen molar-refractivity contribution in [2.75, 3.05) is 11.4 Å². The topological polar surface area (TPSA) is 3.24 Å². The van der Waals surface area contributed by atoms with Crippen molar-refractivity contribution in [2.45, 2.75) is 45.6 Å². The molecule has 0 bridgehead atoms. The maximum absolute atomic E-state index is 2.54. The Hall–Kier alpha value is -0.980. The Kier molecular flexibility index (Phi) is 2.49. The number of anilines is 1. The molecule has 1 unspecified atom stereocenters. The lowest BCUT2D eigenvalue weighted by Gasteiger charge is -2.34. The predicted octanol–water partition coefficient (Wildman–Crippen LogP) is 3.80. The molecule has 2 rings (SSSR count). The number of para-hydroxylation sites is 1. The van der Waals surface area contributed by atoms with Gasteiger partial charge in [0.1, 0.15) is 0 Å². The maximum atomic E-state index is 2.54. The van der Waals surface area contributed by atoms with Gasteiger partial charge < -0.3 is 4.90 Å². The molecule has 82 valence electrons. The SMILES string of the molecule is CCC1CN(C(C)(C)C)c2ccccc21. The Balaban J connectivity index is 2.42.